The highest BCUT2D eigenvalue weighted by Crippen LogP contribution is 2.38. The number of hydrogen-bond acceptors (Lipinski definition) is 1. The monoisotopic (exact) mass is 243 g/mol. The first kappa shape index (κ1) is 8.69. The number of hydrogen-bond donors (Lipinski definition) is 0. The van der Waals surface area contributed by atoms with Gasteiger partial charge in [-0.15, -0.1) is 0 Å². The Hall–Kier alpha value is -0.900. The molecule has 0 saturated carbocycles. The van der Waals surface area contributed by atoms with Gasteiger partial charge in [-0.2, -0.15) is 0 Å². The zero-order valence-electron chi connectivity index (χ0n) is 6.92. The third kappa shape index (κ3) is 1.16. The molecule has 1 aromatic rings. The molecule has 0 spiro atoms. The average Bonchev–Trinajstić information content (AvgIpc) is 2.32. The molecule has 1 unspecified atom stereocenters. The van der Waals surface area contributed by atoms with Gasteiger partial charge in [0, 0.05) is 17.1 Å². The summed E-state index contributed by atoms with van der Waals surface area (Å²) >= 11 is 3.24. The van der Waals surface area contributed by atoms with Crippen molar-refractivity contribution in [1.82, 2.24) is 0 Å². The van der Waals surface area contributed by atoms with Gasteiger partial charge in [-0.25, -0.2) is 4.39 Å². The van der Waals surface area contributed by atoms with Crippen LogP contribution in [0.4, 0.5) is 10.1 Å². The van der Waals surface area contributed by atoms with Crippen molar-refractivity contribution in [2.75, 3.05) is 11.9 Å². The van der Waals surface area contributed by atoms with Gasteiger partial charge in [0.15, 0.2) is 0 Å². The summed E-state index contributed by atoms with van der Waals surface area (Å²) in [6, 6.07) is 5.17. The minimum absolute atomic E-state index is 0.446. The molecule has 1 amide bonds. The molecule has 68 valence electrons. The zero-order valence-corrected chi connectivity index (χ0v) is 8.51. The van der Waals surface area contributed by atoms with Crippen LogP contribution in [0.3, 0.4) is 0 Å². The van der Waals surface area contributed by atoms with Crippen molar-refractivity contribution in [3.05, 3.63) is 28.2 Å². The number of alkyl halides is 1. The van der Waals surface area contributed by atoms with Crippen molar-refractivity contribution in [2.45, 2.75) is 6.17 Å². The minimum atomic E-state index is -1.50. The molecule has 4 heteroatoms. The van der Waals surface area contributed by atoms with E-state index in [0.717, 1.165) is 4.47 Å². The molecule has 2 rings (SSSR count). The first-order valence-corrected chi connectivity index (χ1v) is 4.61. The minimum Gasteiger partial charge on any atom is -0.312 e. The summed E-state index contributed by atoms with van der Waals surface area (Å²) in [5.74, 6) is -0.492. The van der Waals surface area contributed by atoms with Crippen LogP contribution in [0.15, 0.2) is 22.7 Å². The lowest BCUT2D eigenvalue weighted by Gasteiger charge is -2.08. The van der Waals surface area contributed by atoms with Gasteiger partial charge < -0.3 is 4.90 Å². The molecule has 0 radical (unpaired) electrons. The maximum Gasteiger partial charge on any atom is 0.266 e. The van der Waals surface area contributed by atoms with E-state index in [9.17, 15) is 9.18 Å². The number of anilines is 1. The van der Waals surface area contributed by atoms with Crippen LogP contribution < -0.4 is 4.90 Å². The number of benzene rings is 1. The molecule has 1 aliphatic heterocycles. The Labute approximate surface area is 83.5 Å². The quantitative estimate of drug-likeness (QED) is 0.686. The molecule has 0 aromatic heterocycles. The predicted molar refractivity (Wildman–Crippen MR) is 51.4 cm³/mol. The molecule has 2 nitrogen and oxygen atoms in total. The zero-order chi connectivity index (χ0) is 9.59. The van der Waals surface area contributed by atoms with Gasteiger partial charge in [0.25, 0.3) is 5.91 Å². The summed E-state index contributed by atoms with van der Waals surface area (Å²) in [6.45, 7) is 0. The highest BCUT2D eigenvalue weighted by atomic mass is 79.9. The lowest BCUT2D eigenvalue weighted by atomic mass is 10.1. The van der Waals surface area contributed by atoms with Crippen molar-refractivity contribution in [3.63, 3.8) is 0 Å². The Balaban J connectivity index is 2.60. The molecule has 1 aromatic carbocycles. The standard InChI is InChI=1S/C9H7BrFNO/c1-12-7-3-2-5(10)4-6(7)8(11)9(12)13/h2-4,8H,1H3. The Morgan fingerprint density at radius 2 is 2.23 bits per heavy atom. The van der Waals surface area contributed by atoms with Crippen molar-refractivity contribution >= 4 is 27.5 Å². The van der Waals surface area contributed by atoms with E-state index in [2.05, 4.69) is 15.9 Å². The number of likely N-dealkylation sites (N-methyl/N-ethyl adjacent to an activating group) is 1. The maximum absolute atomic E-state index is 13.3. The number of rotatable bonds is 0. The molecular weight excluding hydrogens is 237 g/mol. The third-order valence-corrected chi connectivity index (χ3v) is 2.66. The lowest BCUT2D eigenvalue weighted by molar-refractivity contribution is -0.122. The van der Waals surface area contributed by atoms with Gasteiger partial charge in [-0.1, -0.05) is 15.9 Å². The fourth-order valence-corrected chi connectivity index (χ4v) is 1.83. The third-order valence-electron chi connectivity index (χ3n) is 2.17. The predicted octanol–water partition coefficient (Wildman–Crippen LogP) is 2.44. The molecule has 13 heavy (non-hydrogen) atoms. The Morgan fingerprint density at radius 3 is 2.92 bits per heavy atom. The summed E-state index contributed by atoms with van der Waals surface area (Å²) in [5, 5.41) is 0. The number of nitrogens with zero attached hydrogens (tertiary/aromatic N) is 1. The van der Waals surface area contributed by atoms with Crippen LogP contribution in [0.1, 0.15) is 11.7 Å². The van der Waals surface area contributed by atoms with Gasteiger partial charge in [0.1, 0.15) is 0 Å². The van der Waals surface area contributed by atoms with Crippen LogP contribution in [0.25, 0.3) is 0 Å². The average molecular weight is 244 g/mol. The van der Waals surface area contributed by atoms with Crippen LogP contribution in [-0.2, 0) is 4.79 Å². The molecule has 0 N–H and O–H groups in total. The molecular formula is C9H7BrFNO. The highest BCUT2D eigenvalue weighted by molar-refractivity contribution is 9.10. The SMILES string of the molecule is CN1C(=O)C(F)c2cc(Br)ccc21. The first-order chi connectivity index (χ1) is 6.11. The summed E-state index contributed by atoms with van der Waals surface area (Å²) in [6.07, 6.45) is -1.50. The fourth-order valence-electron chi connectivity index (χ4n) is 1.46. The van der Waals surface area contributed by atoms with E-state index in [0.29, 0.717) is 11.3 Å². The van der Waals surface area contributed by atoms with E-state index in [1.54, 1.807) is 25.2 Å². The van der Waals surface area contributed by atoms with Crippen LogP contribution in [-0.4, -0.2) is 13.0 Å². The van der Waals surface area contributed by atoms with Crippen molar-refractivity contribution < 1.29 is 9.18 Å². The second-order valence-corrected chi connectivity index (χ2v) is 3.88. The Bertz CT molecular complexity index is 380. The van der Waals surface area contributed by atoms with Gasteiger partial charge in [-0.3, -0.25) is 4.79 Å². The molecule has 0 fully saturated rings. The summed E-state index contributed by atoms with van der Waals surface area (Å²) in [4.78, 5) is 12.5. The number of fused-ring (bicyclic) bond motifs is 1. The second kappa shape index (κ2) is 2.80. The number of carbonyl (C=O) groups is 1. The summed E-state index contributed by atoms with van der Waals surface area (Å²) in [7, 11) is 1.58. The molecule has 1 aliphatic rings. The molecule has 0 aliphatic carbocycles. The summed E-state index contributed by atoms with van der Waals surface area (Å²) in [5.41, 5.74) is 1.10. The lowest BCUT2D eigenvalue weighted by Crippen LogP contribution is -2.22. The van der Waals surface area contributed by atoms with E-state index >= 15 is 0 Å². The van der Waals surface area contributed by atoms with E-state index in [1.165, 1.54) is 4.90 Å². The maximum atomic E-state index is 13.3. The van der Waals surface area contributed by atoms with E-state index in [1.807, 2.05) is 0 Å². The molecule has 1 atom stereocenters. The number of carbonyl (C=O) groups excluding carboxylic acids is 1. The number of halogens is 2. The van der Waals surface area contributed by atoms with Gasteiger partial charge in [-0.05, 0) is 18.2 Å². The fraction of sp³-hybridized carbons (Fsp3) is 0.222. The normalized spacial score (nSPS) is 20.7. The van der Waals surface area contributed by atoms with Gasteiger partial charge >= 0.3 is 0 Å². The molecule has 0 bridgehead atoms. The van der Waals surface area contributed by atoms with Crippen LogP contribution in [0, 0.1) is 0 Å². The van der Waals surface area contributed by atoms with Crippen LogP contribution in [0.2, 0.25) is 0 Å². The van der Waals surface area contributed by atoms with Gasteiger partial charge in [0.05, 0.1) is 5.69 Å². The molecule has 0 saturated heterocycles. The Morgan fingerprint density at radius 1 is 1.54 bits per heavy atom. The first-order valence-electron chi connectivity index (χ1n) is 3.82. The number of amides is 1. The van der Waals surface area contributed by atoms with Crippen LogP contribution >= 0.6 is 15.9 Å². The van der Waals surface area contributed by atoms with Crippen LogP contribution in [0.5, 0.6) is 0 Å². The Kier molecular flexibility index (Phi) is 1.87. The van der Waals surface area contributed by atoms with Crippen molar-refractivity contribution in [2.24, 2.45) is 0 Å². The van der Waals surface area contributed by atoms with E-state index in [-0.39, 0.29) is 0 Å². The molecule has 1 heterocycles. The van der Waals surface area contributed by atoms with E-state index in [4.69, 9.17) is 0 Å². The smallest absolute Gasteiger partial charge is 0.266 e. The largest absolute Gasteiger partial charge is 0.312 e. The highest BCUT2D eigenvalue weighted by Gasteiger charge is 2.34. The topological polar surface area (TPSA) is 20.3 Å². The van der Waals surface area contributed by atoms with Crippen molar-refractivity contribution in [3.8, 4) is 0 Å². The van der Waals surface area contributed by atoms with Gasteiger partial charge in [0.2, 0.25) is 6.17 Å². The van der Waals surface area contributed by atoms with E-state index < -0.39 is 12.1 Å². The summed E-state index contributed by atoms with van der Waals surface area (Å²) < 4.78 is 14.1. The second-order valence-electron chi connectivity index (χ2n) is 2.96. The van der Waals surface area contributed by atoms with Crippen molar-refractivity contribution in [1.29, 1.82) is 0 Å².